The van der Waals surface area contributed by atoms with Gasteiger partial charge in [-0.05, 0) is 29.7 Å². The summed E-state index contributed by atoms with van der Waals surface area (Å²) in [7, 11) is 1.62. The molecule has 0 aliphatic carbocycles. The molecule has 25 heavy (non-hydrogen) atoms. The number of hydrogen-bond acceptors (Lipinski definition) is 4. The molecule has 0 saturated heterocycles. The fraction of sp³-hybridized carbons (Fsp3) is 0.250. The van der Waals surface area contributed by atoms with Gasteiger partial charge in [-0.2, -0.15) is 0 Å². The molecule has 1 aliphatic rings. The Labute approximate surface area is 152 Å². The zero-order chi connectivity index (χ0) is 17.6. The molecule has 1 heterocycles. The molecule has 3 rings (SSSR count). The fourth-order valence-corrected chi connectivity index (χ4v) is 3.76. The van der Waals surface area contributed by atoms with Crippen LogP contribution in [0, 0.1) is 0 Å². The number of carbonyl (C=O) groups excluding carboxylic acids is 1. The molecule has 0 saturated carbocycles. The Bertz CT molecular complexity index is 756. The smallest absolute Gasteiger partial charge is 0.264 e. The van der Waals surface area contributed by atoms with Gasteiger partial charge in [0.1, 0.15) is 16.4 Å². The van der Waals surface area contributed by atoms with Gasteiger partial charge in [-0.3, -0.25) is 4.79 Å². The average molecular weight is 355 g/mol. The van der Waals surface area contributed by atoms with E-state index in [4.69, 9.17) is 4.74 Å². The number of ether oxygens (including phenoxy) is 1. The standard InChI is InChI=1S/C20H21NO3S/c1-24-17-9-7-16(8-10-17)13-21-14-18(22)19(20(21)23)25-12-11-15-5-3-2-4-6-15/h2-10,22H,11-14H2,1H3. The molecule has 2 aromatic carbocycles. The number of rotatable bonds is 7. The predicted octanol–water partition coefficient (Wildman–Crippen LogP) is 3.78. The summed E-state index contributed by atoms with van der Waals surface area (Å²) in [5.74, 6) is 1.64. The SMILES string of the molecule is COc1ccc(CN2CC(O)=C(SCCc3ccccc3)C2=O)cc1. The van der Waals surface area contributed by atoms with Crippen LogP contribution in [0.3, 0.4) is 0 Å². The minimum absolute atomic E-state index is 0.0913. The van der Waals surface area contributed by atoms with Gasteiger partial charge in [-0.15, -0.1) is 11.8 Å². The number of hydrogen-bond donors (Lipinski definition) is 1. The molecule has 1 N–H and O–H groups in total. The molecule has 1 amide bonds. The molecule has 1 aliphatic heterocycles. The van der Waals surface area contributed by atoms with E-state index in [1.807, 2.05) is 42.5 Å². The van der Waals surface area contributed by atoms with Crippen molar-refractivity contribution in [2.45, 2.75) is 13.0 Å². The molecule has 0 fully saturated rings. The number of thioether (sulfide) groups is 1. The molecule has 5 heteroatoms. The minimum atomic E-state index is -0.0913. The number of carbonyl (C=O) groups is 1. The van der Waals surface area contributed by atoms with Gasteiger partial charge in [0.15, 0.2) is 0 Å². The third kappa shape index (κ3) is 4.37. The second kappa shape index (κ2) is 8.12. The maximum Gasteiger partial charge on any atom is 0.264 e. The van der Waals surface area contributed by atoms with E-state index in [1.165, 1.54) is 17.3 Å². The largest absolute Gasteiger partial charge is 0.509 e. The number of methoxy groups -OCH3 is 1. The van der Waals surface area contributed by atoms with Crippen LogP contribution >= 0.6 is 11.8 Å². The van der Waals surface area contributed by atoms with Crippen LogP contribution in [0.1, 0.15) is 11.1 Å². The Kier molecular flexibility index (Phi) is 5.66. The van der Waals surface area contributed by atoms with Crippen LogP contribution in [0.2, 0.25) is 0 Å². The van der Waals surface area contributed by atoms with Gasteiger partial charge in [0.25, 0.3) is 5.91 Å². The molecule has 2 aromatic rings. The van der Waals surface area contributed by atoms with E-state index in [0.717, 1.165) is 23.5 Å². The first-order chi connectivity index (χ1) is 12.2. The van der Waals surface area contributed by atoms with E-state index in [-0.39, 0.29) is 18.2 Å². The van der Waals surface area contributed by atoms with Crippen molar-refractivity contribution in [1.29, 1.82) is 0 Å². The second-order valence-corrected chi connectivity index (χ2v) is 6.97. The van der Waals surface area contributed by atoms with Crippen LogP contribution in [0.25, 0.3) is 0 Å². The van der Waals surface area contributed by atoms with Crippen LogP contribution in [0.4, 0.5) is 0 Å². The zero-order valence-corrected chi connectivity index (χ0v) is 15.0. The molecular formula is C20H21NO3S. The van der Waals surface area contributed by atoms with E-state index in [2.05, 4.69) is 12.1 Å². The monoisotopic (exact) mass is 355 g/mol. The number of nitrogens with zero attached hydrogens (tertiary/aromatic N) is 1. The summed E-state index contributed by atoms with van der Waals surface area (Å²) in [5.41, 5.74) is 2.24. The molecule has 0 unspecified atom stereocenters. The van der Waals surface area contributed by atoms with Gasteiger partial charge >= 0.3 is 0 Å². The van der Waals surface area contributed by atoms with Crippen molar-refractivity contribution >= 4 is 17.7 Å². The first kappa shape index (κ1) is 17.4. The van der Waals surface area contributed by atoms with Crippen molar-refractivity contribution in [1.82, 2.24) is 4.90 Å². The van der Waals surface area contributed by atoms with Crippen LogP contribution in [-0.4, -0.2) is 35.3 Å². The Morgan fingerprint density at radius 3 is 2.48 bits per heavy atom. The Morgan fingerprint density at radius 1 is 1.08 bits per heavy atom. The van der Waals surface area contributed by atoms with Crippen molar-refractivity contribution in [2.75, 3.05) is 19.4 Å². The average Bonchev–Trinajstić information content (AvgIpc) is 2.90. The van der Waals surface area contributed by atoms with Gasteiger partial charge in [-0.1, -0.05) is 42.5 Å². The van der Waals surface area contributed by atoms with E-state index in [9.17, 15) is 9.90 Å². The lowest BCUT2D eigenvalue weighted by molar-refractivity contribution is -0.125. The van der Waals surface area contributed by atoms with Crippen LogP contribution in [0.15, 0.2) is 65.3 Å². The Morgan fingerprint density at radius 2 is 1.80 bits per heavy atom. The summed E-state index contributed by atoms with van der Waals surface area (Å²) >= 11 is 1.43. The third-order valence-electron chi connectivity index (χ3n) is 4.10. The summed E-state index contributed by atoms with van der Waals surface area (Å²) in [6, 6.07) is 17.8. The highest BCUT2D eigenvalue weighted by Crippen LogP contribution is 2.29. The zero-order valence-electron chi connectivity index (χ0n) is 14.1. The lowest BCUT2D eigenvalue weighted by atomic mass is 10.2. The fourth-order valence-electron chi connectivity index (χ4n) is 2.73. The van der Waals surface area contributed by atoms with E-state index in [1.54, 1.807) is 12.0 Å². The highest BCUT2D eigenvalue weighted by molar-refractivity contribution is 8.04. The molecule has 4 nitrogen and oxygen atoms in total. The van der Waals surface area contributed by atoms with E-state index >= 15 is 0 Å². The molecule has 0 aromatic heterocycles. The number of aryl methyl sites for hydroxylation is 1. The van der Waals surface area contributed by atoms with Crippen molar-refractivity contribution in [3.63, 3.8) is 0 Å². The van der Waals surface area contributed by atoms with Crippen LogP contribution in [-0.2, 0) is 17.8 Å². The summed E-state index contributed by atoms with van der Waals surface area (Å²) in [6.07, 6.45) is 0.869. The number of amides is 1. The van der Waals surface area contributed by atoms with E-state index in [0.29, 0.717) is 11.4 Å². The topological polar surface area (TPSA) is 49.8 Å². The van der Waals surface area contributed by atoms with Gasteiger partial charge in [0.2, 0.25) is 0 Å². The van der Waals surface area contributed by atoms with Gasteiger partial charge in [0, 0.05) is 12.3 Å². The number of aliphatic hydroxyl groups excluding tert-OH is 1. The summed E-state index contributed by atoms with van der Waals surface area (Å²) in [5, 5.41) is 10.2. The van der Waals surface area contributed by atoms with Crippen molar-refractivity contribution in [2.24, 2.45) is 0 Å². The molecule has 0 radical (unpaired) electrons. The molecule has 0 atom stereocenters. The van der Waals surface area contributed by atoms with Crippen LogP contribution < -0.4 is 4.74 Å². The normalized spacial score (nSPS) is 14.3. The van der Waals surface area contributed by atoms with E-state index < -0.39 is 0 Å². The van der Waals surface area contributed by atoms with Gasteiger partial charge in [-0.25, -0.2) is 0 Å². The summed E-state index contributed by atoms with van der Waals surface area (Å²) in [6.45, 7) is 0.758. The predicted molar refractivity (Wildman–Crippen MR) is 101 cm³/mol. The van der Waals surface area contributed by atoms with Crippen molar-refractivity contribution in [3.05, 3.63) is 76.4 Å². The maximum atomic E-state index is 12.5. The Balaban J connectivity index is 1.55. The third-order valence-corrected chi connectivity index (χ3v) is 5.20. The molecule has 0 spiro atoms. The Hall–Kier alpha value is -2.40. The van der Waals surface area contributed by atoms with Gasteiger partial charge in [0.05, 0.1) is 13.7 Å². The van der Waals surface area contributed by atoms with Crippen molar-refractivity contribution in [3.8, 4) is 5.75 Å². The summed E-state index contributed by atoms with van der Waals surface area (Å²) in [4.78, 5) is 14.7. The van der Waals surface area contributed by atoms with Crippen LogP contribution in [0.5, 0.6) is 5.75 Å². The number of benzene rings is 2. The molecule has 130 valence electrons. The second-order valence-electron chi connectivity index (χ2n) is 5.87. The highest BCUT2D eigenvalue weighted by Gasteiger charge is 2.30. The lowest BCUT2D eigenvalue weighted by Gasteiger charge is -2.16. The molecule has 0 bridgehead atoms. The quantitative estimate of drug-likeness (QED) is 0.821. The van der Waals surface area contributed by atoms with Crippen molar-refractivity contribution < 1.29 is 14.6 Å². The highest BCUT2D eigenvalue weighted by atomic mass is 32.2. The first-order valence-electron chi connectivity index (χ1n) is 8.18. The minimum Gasteiger partial charge on any atom is -0.509 e. The summed E-state index contributed by atoms with van der Waals surface area (Å²) < 4.78 is 5.14. The molecular weight excluding hydrogens is 334 g/mol. The first-order valence-corrected chi connectivity index (χ1v) is 9.17. The van der Waals surface area contributed by atoms with Gasteiger partial charge < -0.3 is 14.7 Å². The maximum absolute atomic E-state index is 12.5. The lowest BCUT2D eigenvalue weighted by Crippen LogP contribution is -2.26. The number of aliphatic hydroxyl groups is 1.